The van der Waals surface area contributed by atoms with Crippen molar-refractivity contribution in [1.29, 1.82) is 0 Å². The second-order valence-electron chi connectivity index (χ2n) is 5.37. The van der Waals surface area contributed by atoms with E-state index < -0.39 is 18.0 Å². The van der Waals surface area contributed by atoms with E-state index in [1.807, 2.05) is 30.3 Å². The summed E-state index contributed by atoms with van der Waals surface area (Å²) in [5.74, 6) is -0.236. The second kappa shape index (κ2) is 9.27. The van der Waals surface area contributed by atoms with Gasteiger partial charge in [-0.2, -0.15) is 0 Å². The van der Waals surface area contributed by atoms with Crippen LogP contribution < -0.4 is 10.1 Å². The van der Waals surface area contributed by atoms with Gasteiger partial charge in [0.2, 0.25) is 0 Å². The molecule has 5 heteroatoms. The molecule has 0 unspecified atom stereocenters. The Morgan fingerprint density at radius 2 is 1.76 bits per heavy atom. The summed E-state index contributed by atoms with van der Waals surface area (Å²) in [4.78, 5) is 23.3. The Hall–Kier alpha value is -3.08. The Labute approximate surface area is 147 Å². The fraction of sp³-hybridized carbons (Fsp3) is 0.200. The Balaban J connectivity index is 1.85. The van der Waals surface area contributed by atoms with Gasteiger partial charge in [0.15, 0.2) is 6.10 Å². The molecule has 0 saturated carbocycles. The summed E-state index contributed by atoms with van der Waals surface area (Å²) >= 11 is 0. The van der Waals surface area contributed by atoms with Gasteiger partial charge < -0.3 is 14.8 Å². The van der Waals surface area contributed by atoms with Crippen molar-refractivity contribution in [2.45, 2.75) is 26.6 Å². The topological polar surface area (TPSA) is 64.6 Å². The van der Waals surface area contributed by atoms with Gasteiger partial charge in [-0.05, 0) is 43.7 Å². The van der Waals surface area contributed by atoms with Crippen LogP contribution in [0.5, 0.6) is 5.75 Å². The first-order valence-corrected chi connectivity index (χ1v) is 7.99. The van der Waals surface area contributed by atoms with Crippen LogP contribution in [0.3, 0.4) is 0 Å². The fourth-order valence-corrected chi connectivity index (χ4v) is 2.02. The van der Waals surface area contributed by atoms with Crippen LogP contribution in [0.4, 0.5) is 5.69 Å². The molecule has 1 N–H and O–H groups in total. The van der Waals surface area contributed by atoms with Crippen LogP contribution in [0.25, 0.3) is 0 Å². The molecule has 0 aromatic heterocycles. The molecule has 0 saturated heterocycles. The lowest BCUT2D eigenvalue weighted by molar-refractivity contribution is -0.148. The first-order chi connectivity index (χ1) is 12.1. The molecule has 2 rings (SSSR count). The maximum atomic E-state index is 12.0. The molecule has 2 aromatic rings. The number of carbonyl (C=O) groups excluding carboxylic acids is 2. The number of rotatable bonds is 7. The van der Waals surface area contributed by atoms with E-state index in [1.54, 1.807) is 37.3 Å². The summed E-state index contributed by atoms with van der Waals surface area (Å²) in [6, 6.07) is 16.9. The van der Waals surface area contributed by atoms with Gasteiger partial charge in [0.1, 0.15) is 12.4 Å². The third-order valence-electron chi connectivity index (χ3n) is 3.34. The number of anilines is 1. The zero-order chi connectivity index (χ0) is 18.1. The minimum atomic E-state index is -0.877. The number of benzene rings is 2. The maximum Gasteiger partial charge on any atom is 0.331 e. The average molecular weight is 339 g/mol. The fourth-order valence-electron chi connectivity index (χ4n) is 2.02. The van der Waals surface area contributed by atoms with Crippen molar-refractivity contribution in [3.8, 4) is 5.75 Å². The molecule has 0 aliphatic carbocycles. The summed E-state index contributed by atoms with van der Waals surface area (Å²) in [5.41, 5.74) is 1.68. The van der Waals surface area contributed by atoms with Crippen LogP contribution in [0, 0.1) is 0 Å². The molecule has 1 amide bonds. The smallest absolute Gasteiger partial charge is 0.331 e. The van der Waals surface area contributed by atoms with Crippen LogP contribution in [-0.4, -0.2) is 18.0 Å². The number of hydrogen-bond acceptors (Lipinski definition) is 4. The molecule has 25 heavy (non-hydrogen) atoms. The van der Waals surface area contributed by atoms with Crippen LogP contribution >= 0.6 is 0 Å². The van der Waals surface area contributed by atoms with E-state index in [0.717, 1.165) is 5.56 Å². The predicted octanol–water partition coefficient (Wildman–Crippen LogP) is 3.71. The van der Waals surface area contributed by atoms with E-state index in [-0.39, 0.29) is 0 Å². The van der Waals surface area contributed by atoms with Crippen molar-refractivity contribution in [2.24, 2.45) is 0 Å². The van der Waals surface area contributed by atoms with Gasteiger partial charge in [-0.15, -0.1) is 0 Å². The second-order valence-corrected chi connectivity index (χ2v) is 5.37. The molecule has 2 aromatic carbocycles. The quantitative estimate of drug-likeness (QED) is 0.617. The highest BCUT2D eigenvalue weighted by molar-refractivity contribution is 5.95. The molecule has 0 radical (unpaired) electrons. The monoisotopic (exact) mass is 339 g/mol. The molecule has 0 fully saturated rings. The molecule has 0 bridgehead atoms. The van der Waals surface area contributed by atoms with Crippen molar-refractivity contribution >= 4 is 17.6 Å². The number of nitrogens with one attached hydrogen (secondary N) is 1. The standard InChI is InChI=1S/C20H21NO4/c1-3-7-19(22)25-15(2)20(23)21-17-10-12-18(13-11-17)24-14-16-8-5-4-6-9-16/h3-13,15H,14H2,1-2H3,(H,21,23)/b7-3+/t15-/m0/s1. The molecule has 0 spiro atoms. The summed E-state index contributed by atoms with van der Waals surface area (Å²) in [5, 5.41) is 2.69. The summed E-state index contributed by atoms with van der Waals surface area (Å²) < 4.78 is 10.7. The highest BCUT2D eigenvalue weighted by Gasteiger charge is 2.16. The van der Waals surface area contributed by atoms with Gasteiger partial charge >= 0.3 is 5.97 Å². The normalized spacial score (nSPS) is 11.8. The van der Waals surface area contributed by atoms with Crippen molar-refractivity contribution < 1.29 is 19.1 Å². The zero-order valence-electron chi connectivity index (χ0n) is 14.3. The summed E-state index contributed by atoms with van der Waals surface area (Å²) in [6.45, 7) is 3.70. The van der Waals surface area contributed by atoms with Crippen molar-refractivity contribution in [2.75, 3.05) is 5.32 Å². The number of esters is 1. The molecule has 0 heterocycles. The molecular formula is C20H21NO4. The number of allylic oxidation sites excluding steroid dienone is 1. The van der Waals surface area contributed by atoms with E-state index in [4.69, 9.17) is 9.47 Å². The van der Waals surface area contributed by atoms with Gasteiger partial charge in [0.25, 0.3) is 5.91 Å². The Morgan fingerprint density at radius 3 is 2.40 bits per heavy atom. The van der Waals surface area contributed by atoms with Gasteiger partial charge in [-0.3, -0.25) is 4.79 Å². The highest BCUT2D eigenvalue weighted by Crippen LogP contribution is 2.17. The Morgan fingerprint density at radius 1 is 1.08 bits per heavy atom. The van der Waals surface area contributed by atoms with E-state index in [2.05, 4.69) is 5.32 Å². The third kappa shape index (κ3) is 6.14. The van der Waals surface area contributed by atoms with E-state index in [0.29, 0.717) is 18.0 Å². The number of carbonyl (C=O) groups is 2. The van der Waals surface area contributed by atoms with Crippen LogP contribution in [0.1, 0.15) is 19.4 Å². The lowest BCUT2D eigenvalue weighted by Gasteiger charge is -2.13. The molecule has 0 aliphatic rings. The SMILES string of the molecule is C/C=C/C(=O)O[C@@H](C)C(=O)Nc1ccc(OCc2ccccc2)cc1. The average Bonchev–Trinajstić information content (AvgIpc) is 2.62. The number of ether oxygens (including phenoxy) is 2. The minimum absolute atomic E-state index is 0.393. The zero-order valence-corrected chi connectivity index (χ0v) is 14.3. The first kappa shape index (κ1) is 18.3. The molecule has 1 atom stereocenters. The summed E-state index contributed by atoms with van der Waals surface area (Å²) in [6.07, 6.45) is 1.95. The predicted molar refractivity (Wildman–Crippen MR) is 96.2 cm³/mol. The van der Waals surface area contributed by atoms with Crippen LogP contribution in [-0.2, 0) is 20.9 Å². The minimum Gasteiger partial charge on any atom is -0.489 e. The third-order valence-corrected chi connectivity index (χ3v) is 3.34. The summed E-state index contributed by atoms with van der Waals surface area (Å²) in [7, 11) is 0. The molecule has 0 aliphatic heterocycles. The first-order valence-electron chi connectivity index (χ1n) is 7.99. The van der Waals surface area contributed by atoms with Crippen molar-refractivity contribution in [1.82, 2.24) is 0 Å². The van der Waals surface area contributed by atoms with Gasteiger partial charge in [0, 0.05) is 11.8 Å². The maximum absolute atomic E-state index is 12.0. The van der Waals surface area contributed by atoms with Crippen LogP contribution in [0.15, 0.2) is 66.7 Å². The molecule has 130 valence electrons. The van der Waals surface area contributed by atoms with E-state index in [1.165, 1.54) is 13.0 Å². The van der Waals surface area contributed by atoms with Gasteiger partial charge in [-0.25, -0.2) is 4.79 Å². The lowest BCUT2D eigenvalue weighted by Crippen LogP contribution is -2.29. The van der Waals surface area contributed by atoms with E-state index in [9.17, 15) is 9.59 Å². The van der Waals surface area contributed by atoms with Crippen molar-refractivity contribution in [3.05, 3.63) is 72.3 Å². The lowest BCUT2D eigenvalue weighted by atomic mass is 10.2. The van der Waals surface area contributed by atoms with Crippen molar-refractivity contribution in [3.63, 3.8) is 0 Å². The molecule has 5 nitrogen and oxygen atoms in total. The largest absolute Gasteiger partial charge is 0.489 e. The van der Waals surface area contributed by atoms with Gasteiger partial charge in [-0.1, -0.05) is 36.4 Å². The molecular weight excluding hydrogens is 318 g/mol. The number of amides is 1. The number of hydrogen-bond donors (Lipinski definition) is 1. The van der Waals surface area contributed by atoms with E-state index >= 15 is 0 Å². The van der Waals surface area contributed by atoms with Gasteiger partial charge in [0.05, 0.1) is 0 Å². The Bertz CT molecular complexity index is 723. The van der Waals surface area contributed by atoms with Crippen LogP contribution in [0.2, 0.25) is 0 Å². The Kier molecular flexibility index (Phi) is 6.77. The highest BCUT2D eigenvalue weighted by atomic mass is 16.5.